The SMILES string of the molecule is COCC1CC(=O)N(c2ccc(Cl)cc2Cl)C1=O. The number of carbonyl (C=O) groups excluding carboxylic acids is 2. The lowest BCUT2D eigenvalue weighted by Gasteiger charge is -2.16. The van der Waals surface area contributed by atoms with Crippen molar-refractivity contribution < 1.29 is 14.3 Å². The van der Waals surface area contributed by atoms with E-state index in [4.69, 9.17) is 27.9 Å². The molecule has 1 heterocycles. The average Bonchev–Trinajstić information content (AvgIpc) is 2.56. The zero-order chi connectivity index (χ0) is 13.3. The van der Waals surface area contributed by atoms with Crippen LogP contribution in [-0.4, -0.2) is 25.5 Å². The van der Waals surface area contributed by atoms with E-state index in [9.17, 15) is 9.59 Å². The Morgan fingerprint density at radius 1 is 1.39 bits per heavy atom. The number of amides is 2. The molecule has 1 aromatic carbocycles. The van der Waals surface area contributed by atoms with Gasteiger partial charge in [-0.05, 0) is 18.2 Å². The molecule has 1 aliphatic heterocycles. The number of rotatable bonds is 3. The lowest BCUT2D eigenvalue weighted by atomic mass is 10.1. The third kappa shape index (κ3) is 2.36. The number of nitrogens with zero attached hydrogens (tertiary/aromatic N) is 1. The molecular formula is C12H11Cl2NO3. The monoisotopic (exact) mass is 287 g/mol. The average molecular weight is 288 g/mol. The molecule has 96 valence electrons. The predicted octanol–water partition coefficient (Wildman–Crippen LogP) is 2.52. The molecule has 6 heteroatoms. The van der Waals surface area contributed by atoms with Crippen molar-refractivity contribution >= 4 is 40.7 Å². The van der Waals surface area contributed by atoms with E-state index in [0.717, 1.165) is 4.90 Å². The second kappa shape index (κ2) is 5.26. The van der Waals surface area contributed by atoms with E-state index in [0.29, 0.717) is 10.7 Å². The molecule has 1 atom stereocenters. The number of carbonyl (C=O) groups is 2. The molecule has 2 rings (SSSR count). The van der Waals surface area contributed by atoms with Gasteiger partial charge in [0.05, 0.1) is 23.2 Å². The van der Waals surface area contributed by atoms with Gasteiger partial charge in [0, 0.05) is 18.6 Å². The zero-order valence-corrected chi connectivity index (χ0v) is 11.2. The molecule has 0 saturated carbocycles. The third-order valence-corrected chi connectivity index (χ3v) is 3.30. The number of halogens is 2. The van der Waals surface area contributed by atoms with E-state index < -0.39 is 5.92 Å². The number of imide groups is 1. The van der Waals surface area contributed by atoms with Crippen molar-refractivity contribution in [3.05, 3.63) is 28.2 Å². The molecule has 0 aliphatic carbocycles. The molecule has 1 saturated heterocycles. The van der Waals surface area contributed by atoms with Gasteiger partial charge in [0.1, 0.15) is 0 Å². The molecule has 0 radical (unpaired) electrons. The standard InChI is InChI=1S/C12H11Cl2NO3/c1-18-6-7-4-11(16)15(12(7)17)10-3-2-8(13)5-9(10)14/h2-3,5,7H,4,6H2,1H3. The fourth-order valence-corrected chi connectivity index (χ4v) is 2.43. The summed E-state index contributed by atoms with van der Waals surface area (Å²) in [6.07, 6.45) is 0.144. The molecule has 2 amide bonds. The van der Waals surface area contributed by atoms with Crippen LogP contribution in [0.15, 0.2) is 18.2 Å². The number of ether oxygens (including phenoxy) is 1. The van der Waals surface area contributed by atoms with Gasteiger partial charge in [-0.25, -0.2) is 4.90 Å². The van der Waals surface area contributed by atoms with Gasteiger partial charge < -0.3 is 4.74 Å². The molecule has 1 aliphatic rings. The first-order valence-corrected chi connectivity index (χ1v) is 6.11. The smallest absolute Gasteiger partial charge is 0.239 e. The summed E-state index contributed by atoms with van der Waals surface area (Å²) in [5, 5.41) is 0.735. The number of anilines is 1. The molecule has 18 heavy (non-hydrogen) atoms. The summed E-state index contributed by atoms with van der Waals surface area (Å²) in [5.74, 6) is -0.994. The predicted molar refractivity (Wildman–Crippen MR) is 68.9 cm³/mol. The van der Waals surface area contributed by atoms with Gasteiger partial charge in [0.15, 0.2) is 0 Å². The lowest BCUT2D eigenvalue weighted by Crippen LogP contribution is -2.31. The van der Waals surface area contributed by atoms with Gasteiger partial charge >= 0.3 is 0 Å². The number of benzene rings is 1. The van der Waals surface area contributed by atoms with Crippen LogP contribution in [0, 0.1) is 5.92 Å². The Labute approximate surface area is 114 Å². The number of hydrogen-bond donors (Lipinski definition) is 0. The van der Waals surface area contributed by atoms with Gasteiger partial charge in [-0.2, -0.15) is 0 Å². The molecular weight excluding hydrogens is 277 g/mol. The highest BCUT2D eigenvalue weighted by molar-refractivity contribution is 6.38. The van der Waals surface area contributed by atoms with Crippen molar-refractivity contribution in [1.29, 1.82) is 0 Å². The van der Waals surface area contributed by atoms with E-state index >= 15 is 0 Å². The summed E-state index contributed by atoms with van der Waals surface area (Å²) in [6, 6.07) is 4.66. The normalized spacial score (nSPS) is 19.7. The Balaban J connectivity index is 2.33. The van der Waals surface area contributed by atoms with Crippen molar-refractivity contribution in [3.63, 3.8) is 0 Å². The lowest BCUT2D eigenvalue weighted by molar-refractivity contribution is -0.122. The summed E-state index contributed by atoms with van der Waals surface area (Å²) >= 11 is 11.8. The van der Waals surface area contributed by atoms with Crippen LogP contribution in [0.25, 0.3) is 0 Å². The molecule has 1 aromatic rings. The molecule has 4 nitrogen and oxygen atoms in total. The van der Waals surface area contributed by atoms with Gasteiger partial charge in [-0.3, -0.25) is 9.59 Å². The molecule has 0 aromatic heterocycles. The maximum Gasteiger partial charge on any atom is 0.239 e. The Hall–Kier alpha value is -1.10. The molecule has 1 unspecified atom stereocenters. The van der Waals surface area contributed by atoms with Crippen LogP contribution in [0.4, 0.5) is 5.69 Å². The van der Waals surface area contributed by atoms with Crippen molar-refractivity contribution in [2.75, 3.05) is 18.6 Å². The fourth-order valence-electron chi connectivity index (χ4n) is 1.94. The van der Waals surface area contributed by atoms with Crippen molar-refractivity contribution in [2.45, 2.75) is 6.42 Å². The highest BCUT2D eigenvalue weighted by atomic mass is 35.5. The topological polar surface area (TPSA) is 46.6 Å². The van der Waals surface area contributed by atoms with Crippen LogP contribution < -0.4 is 4.90 Å². The maximum atomic E-state index is 12.1. The van der Waals surface area contributed by atoms with Crippen molar-refractivity contribution in [3.8, 4) is 0 Å². The molecule has 0 bridgehead atoms. The first-order valence-electron chi connectivity index (χ1n) is 5.35. The quantitative estimate of drug-likeness (QED) is 0.803. The van der Waals surface area contributed by atoms with Gasteiger partial charge in [0.25, 0.3) is 0 Å². The van der Waals surface area contributed by atoms with Crippen LogP contribution in [0.1, 0.15) is 6.42 Å². The first kappa shape index (κ1) is 13.3. The second-order valence-corrected chi connectivity index (χ2v) is 4.86. The summed E-state index contributed by atoms with van der Waals surface area (Å²) in [5.41, 5.74) is 0.370. The number of methoxy groups -OCH3 is 1. The van der Waals surface area contributed by atoms with Crippen LogP contribution in [-0.2, 0) is 14.3 Å². The van der Waals surface area contributed by atoms with Crippen LogP contribution in [0.3, 0.4) is 0 Å². The Kier molecular flexibility index (Phi) is 3.90. The van der Waals surface area contributed by atoms with E-state index in [1.165, 1.54) is 13.2 Å². The van der Waals surface area contributed by atoms with Crippen molar-refractivity contribution in [2.24, 2.45) is 5.92 Å². The maximum absolute atomic E-state index is 12.1. The highest BCUT2D eigenvalue weighted by Gasteiger charge is 2.40. The van der Waals surface area contributed by atoms with Crippen LogP contribution in [0.2, 0.25) is 10.0 Å². The Morgan fingerprint density at radius 2 is 2.11 bits per heavy atom. The minimum atomic E-state index is -0.436. The fraction of sp³-hybridized carbons (Fsp3) is 0.333. The van der Waals surface area contributed by atoms with Crippen LogP contribution in [0.5, 0.6) is 0 Å². The largest absolute Gasteiger partial charge is 0.384 e. The first-order chi connectivity index (χ1) is 8.54. The minimum Gasteiger partial charge on any atom is -0.384 e. The second-order valence-electron chi connectivity index (χ2n) is 4.02. The number of hydrogen-bond acceptors (Lipinski definition) is 3. The van der Waals surface area contributed by atoms with E-state index in [1.54, 1.807) is 12.1 Å². The highest BCUT2D eigenvalue weighted by Crippen LogP contribution is 2.33. The van der Waals surface area contributed by atoms with E-state index in [2.05, 4.69) is 0 Å². The van der Waals surface area contributed by atoms with Gasteiger partial charge in [0.2, 0.25) is 11.8 Å². The zero-order valence-electron chi connectivity index (χ0n) is 9.65. The summed E-state index contributed by atoms with van der Waals surface area (Å²) in [7, 11) is 1.50. The summed E-state index contributed by atoms with van der Waals surface area (Å²) < 4.78 is 4.92. The summed E-state index contributed by atoms with van der Waals surface area (Å²) in [6.45, 7) is 0.228. The van der Waals surface area contributed by atoms with Gasteiger partial charge in [-0.1, -0.05) is 23.2 Å². The Morgan fingerprint density at radius 3 is 2.72 bits per heavy atom. The molecule has 0 N–H and O–H groups in total. The molecule has 0 spiro atoms. The van der Waals surface area contributed by atoms with E-state index in [1.807, 2.05) is 0 Å². The van der Waals surface area contributed by atoms with Gasteiger partial charge in [-0.15, -0.1) is 0 Å². The van der Waals surface area contributed by atoms with Crippen LogP contribution >= 0.6 is 23.2 Å². The molecule has 1 fully saturated rings. The van der Waals surface area contributed by atoms with E-state index in [-0.39, 0.29) is 29.9 Å². The summed E-state index contributed by atoms with van der Waals surface area (Å²) in [4.78, 5) is 25.0. The van der Waals surface area contributed by atoms with Crippen molar-refractivity contribution in [1.82, 2.24) is 0 Å². The Bertz CT molecular complexity index is 504. The minimum absolute atomic E-state index is 0.144. The third-order valence-electron chi connectivity index (χ3n) is 2.76.